The van der Waals surface area contributed by atoms with Crippen LogP contribution in [0.3, 0.4) is 0 Å². The largest absolute Gasteiger partial charge is 0.453 e. The monoisotopic (exact) mass is 747 g/mol. The van der Waals surface area contributed by atoms with Crippen LogP contribution in [-0.4, -0.2) is 79.2 Å². The molecule has 2 fully saturated rings. The number of nitrogens with zero attached hydrogens (tertiary/aromatic N) is 4. The molecule has 55 heavy (non-hydrogen) atoms. The van der Waals surface area contributed by atoms with E-state index in [-0.39, 0.29) is 36.0 Å². The van der Waals surface area contributed by atoms with Crippen LogP contribution in [-0.2, 0) is 14.3 Å². The Hall–Kier alpha value is -5.39. The number of alkyl carbamates (subject to hydrolysis) is 1. The molecule has 0 bridgehead atoms. The Bertz CT molecular complexity index is 2200. The van der Waals surface area contributed by atoms with E-state index in [0.717, 1.165) is 94.4 Å². The van der Waals surface area contributed by atoms with E-state index in [0.29, 0.717) is 6.54 Å². The van der Waals surface area contributed by atoms with Crippen molar-refractivity contribution < 1.29 is 23.9 Å². The smallest absolute Gasteiger partial charge is 0.411 e. The number of aromatic amines is 2. The van der Waals surface area contributed by atoms with Crippen LogP contribution in [0.15, 0.2) is 60.8 Å². The van der Waals surface area contributed by atoms with Gasteiger partial charge in [-0.3, -0.25) is 9.69 Å². The summed E-state index contributed by atoms with van der Waals surface area (Å²) in [6.45, 7) is 12.3. The minimum atomic E-state index is -0.683. The van der Waals surface area contributed by atoms with Crippen LogP contribution in [0.1, 0.15) is 104 Å². The van der Waals surface area contributed by atoms with Gasteiger partial charge in [-0.05, 0) is 105 Å². The summed E-state index contributed by atoms with van der Waals surface area (Å²) in [7, 11) is 1.30. The third kappa shape index (κ3) is 7.90. The Morgan fingerprint density at radius 1 is 0.909 bits per heavy atom. The molecule has 12 nitrogen and oxygen atoms in total. The lowest BCUT2D eigenvalue weighted by molar-refractivity contribution is -0.135. The van der Waals surface area contributed by atoms with E-state index in [2.05, 4.69) is 70.7 Å². The quantitative estimate of drug-likeness (QED) is 0.136. The van der Waals surface area contributed by atoms with E-state index in [1.807, 2.05) is 56.7 Å². The average molecular weight is 748 g/mol. The molecule has 0 radical (unpaired) electrons. The van der Waals surface area contributed by atoms with Crippen LogP contribution in [0.5, 0.6) is 0 Å². The van der Waals surface area contributed by atoms with Crippen LogP contribution in [0.25, 0.3) is 44.2 Å². The van der Waals surface area contributed by atoms with Gasteiger partial charge in [0.05, 0.1) is 42.1 Å². The van der Waals surface area contributed by atoms with Crippen molar-refractivity contribution in [1.29, 1.82) is 0 Å². The molecule has 0 spiro atoms. The van der Waals surface area contributed by atoms with Crippen LogP contribution < -0.4 is 5.32 Å². The first-order valence-corrected chi connectivity index (χ1v) is 19.6. The zero-order valence-electron chi connectivity index (χ0n) is 32.9. The van der Waals surface area contributed by atoms with Gasteiger partial charge in [-0.2, -0.15) is 0 Å². The summed E-state index contributed by atoms with van der Waals surface area (Å²) >= 11 is 0. The number of aromatic nitrogens is 4. The number of likely N-dealkylation sites (tertiary alicyclic amines) is 2. The highest BCUT2D eigenvalue weighted by Gasteiger charge is 2.41. The minimum absolute atomic E-state index is 0.100. The molecule has 3 aromatic carbocycles. The summed E-state index contributed by atoms with van der Waals surface area (Å²) in [5, 5.41) is 4.93. The Kier molecular flexibility index (Phi) is 10.6. The van der Waals surface area contributed by atoms with Crippen LogP contribution in [0.2, 0.25) is 0 Å². The van der Waals surface area contributed by atoms with Crippen molar-refractivity contribution in [2.45, 2.75) is 110 Å². The first kappa shape index (κ1) is 37.9. The molecule has 3 amide bonds. The lowest BCUT2D eigenvalue weighted by Gasteiger charge is -2.32. The molecule has 5 aromatic rings. The third-order valence-corrected chi connectivity index (χ3v) is 10.9. The summed E-state index contributed by atoms with van der Waals surface area (Å²) in [4.78, 5) is 59.4. The summed E-state index contributed by atoms with van der Waals surface area (Å²) in [6, 6.07) is 18.2. The molecule has 2 aliphatic rings. The molecule has 4 heterocycles. The number of H-pyrrole nitrogens is 2. The minimum Gasteiger partial charge on any atom is -0.453 e. The number of fused-ring (bicyclic) bond motifs is 2. The van der Waals surface area contributed by atoms with Crippen molar-refractivity contribution in [3.63, 3.8) is 0 Å². The Balaban J connectivity index is 1.09. The van der Waals surface area contributed by atoms with Crippen molar-refractivity contribution in [1.82, 2.24) is 35.1 Å². The van der Waals surface area contributed by atoms with Crippen LogP contribution in [0, 0.1) is 5.92 Å². The second-order valence-corrected chi connectivity index (χ2v) is 16.3. The van der Waals surface area contributed by atoms with Crippen molar-refractivity contribution in [3.05, 3.63) is 72.4 Å². The topological polar surface area (TPSA) is 146 Å². The van der Waals surface area contributed by atoms with Gasteiger partial charge in [0.2, 0.25) is 5.91 Å². The van der Waals surface area contributed by atoms with Gasteiger partial charge in [0.25, 0.3) is 0 Å². The number of amides is 3. The number of imidazole rings is 2. The molecule has 2 aliphatic heterocycles. The highest BCUT2D eigenvalue weighted by Crippen LogP contribution is 2.39. The van der Waals surface area contributed by atoms with Gasteiger partial charge in [0, 0.05) is 18.2 Å². The van der Waals surface area contributed by atoms with Gasteiger partial charge >= 0.3 is 12.2 Å². The molecule has 1 unspecified atom stereocenters. The standard InChI is InChI=1S/C43H53N7O5/c1-8-10-31-17-19-36(50(31)42(53)55-43(4,5)6)38-44-24-34(47-38)30-15-14-26-21-27(12-13-28(26)22-30)29-16-18-32-33(23-29)46-39(45-32)35-11-9-20-49(35)40(51)37(25(2)3)48-41(52)54-7/h12-16,18,21-25,31,35-37H,8-11,17,19-20H2,1-7H3,(H,44,47)(H,45,46)(H,48,52)/t31?,35-,36-,37-/m0/s1. The van der Waals surface area contributed by atoms with E-state index in [1.165, 1.54) is 7.11 Å². The predicted octanol–water partition coefficient (Wildman–Crippen LogP) is 9.06. The number of hydrogen-bond donors (Lipinski definition) is 3. The van der Waals surface area contributed by atoms with Crippen molar-refractivity contribution >= 4 is 39.9 Å². The highest BCUT2D eigenvalue weighted by atomic mass is 16.6. The van der Waals surface area contributed by atoms with E-state index in [4.69, 9.17) is 19.4 Å². The number of carbonyl (C=O) groups is 3. The molecule has 4 atom stereocenters. The number of rotatable bonds is 9. The number of methoxy groups -OCH3 is 1. The highest BCUT2D eigenvalue weighted by molar-refractivity contribution is 5.92. The summed E-state index contributed by atoms with van der Waals surface area (Å²) in [5.74, 6) is 1.31. The van der Waals surface area contributed by atoms with E-state index >= 15 is 0 Å². The van der Waals surface area contributed by atoms with Crippen molar-refractivity contribution in [2.24, 2.45) is 5.92 Å². The van der Waals surface area contributed by atoms with Crippen molar-refractivity contribution in [2.75, 3.05) is 13.7 Å². The number of carbonyl (C=O) groups excluding carboxylic acids is 3. The van der Waals surface area contributed by atoms with E-state index in [1.54, 1.807) is 0 Å². The second-order valence-electron chi connectivity index (χ2n) is 16.3. The van der Waals surface area contributed by atoms with Gasteiger partial charge in [0.15, 0.2) is 0 Å². The lowest BCUT2D eigenvalue weighted by atomic mass is 9.99. The molecule has 12 heteroatoms. The van der Waals surface area contributed by atoms with E-state index in [9.17, 15) is 14.4 Å². The maximum Gasteiger partial charge on any atom is 0.411 e. The maximum absolute atomic E-state index is 13.6. The Morgan fingerprint density at radius 3 is 2.33 bits per heavy atom. The molecule has 290 valence electrons. The fourth-order valence-electron chi connectivity index (χ4n) is 8.16. The van der Waals surface area contributed by atoms with Gasteiger partial charge in [0.1, 0.15) is 23.3 Å². The van der Waals surface area contributed by atoms with Crippen molar-refractivity contribution in [3.8, 4) is 22.4 Å². The average Bonchev–Trinajstić information content (AvgIpc) is 3.98. The Labute approximate surface area is 322 Å². The zero-order chi connectivity index (χ0) is 39.0. The maximum atomic E-state index is 13.6. The van der Waals surface area contributed by atoms with Crippen LogP contribution in [0.4, 0.5) is 9.59 Å². The summed E-state index contributed by atoms with van der Waals surface area (Å²) in [6.07, 6.45) is 6.32. The zero-order valence-corrected chi connectivity index (χ0v) is 32.9. The molecule has 7 rings (SSSR count). The predicted molar refractivity (Wildman–Crippen MR) is 213 cm³/mol. The SMILES string of the molecule is CCCC1CC[C@@H](c2ncc(-c3ccc4cc(-c5ccc6nc([C@@H]7CCCN7C(=O)[C@@H](NC(=O)OC)C(C)C)[nH]c6c5)ccc4c3)[nH]2)N1C(=O)OC(C)(C)C. The second kappa shape index (κ2) is 15.4. The van der Waals surface area contributed by atoms with Gasteiger partial charge in [-0.25, -0.2) is 19.6 Å². The fourth-order valence-corrected chi connectivity index (χ4v) is 8.16. The Morgan fingerprint density at radius 2 is 1.62 bits per heavy atom. The third-order valence-electron chi connectivity index (χ3n) is 10.9. The summed E-state index contributed by atoms with van der Waals surface area (Å²) in [5.41, 5.74) is 5.24. The number of benzene rings is 3. The normalized spacial score (nSPS) is 19.4. The molecule has 2 aromatic heterocycles. The molecule has 0 saturated carbocycles. The van der Waals surface area contributed by atoms with Crippen LogP contribution >= 0.6 is 0 Å². The van der Waals surface area contributed by atoms with Gasteiger partial charge in [-0.1, -0.05) is 57.5 Å². The summed E-state index contributed by atoms with van der Waals surface area (Å²) < 4.78 is 10.6. The molecular weight excluding hydrogens is 695 g/mol. The van der Waals surface area contributed by atoms with E-state index < -0.39 is 17.7 Å². The lowest BCUT2D eigenvalue weighted by Crippen LogP contribution is -2.51. The fraction of sp³-hybridized carbons (Fsp3) is 0.465. The molecule has 2 saturated heterocycles. The molecule has 3 N–H and O–H groups in total. The van der Waals surface area contributed by atoms with Gasteiger partial charge in [-0.15, -0.1) is 0 Å². The first-order valence-electron chi connectivity index (χ1n) is 19.6. The number of nitrogens with one attached hydrogen (secondary N) is 3. The molecular formula is C43H53N7O5. The first-order chi connectivity index (χ1) is 26.3. The molecule has 0 aliphatic carbocycles. The van der Waals surface area contributed by atoms with Gasteiger partial charge < -0.3 is 29.7 Å². The number of hydrogen-bond acceptors (Lipinski definition) is 7. The number of ether oxygens (including phenoxy) is 2.